The lowest BCUT2D eigenvalue weighted by molar-refractivity contribution is -0.114. The number of sulfonamides is 2. The molecule has 1 aromatic carbocycles. The SMILES string of the molecule is CC(=O)Nc1ccc(S(=O)(=O)NCCS(=O)(=O)N2CCCC2)cc1. The zero-order valence-corrected chi connectivity index (χ0v) is 15.0. The van der Waals surface area contributed by atoms with E-state index in [1.807, 2.05) is 0 Å². The molecule has 0 saturated carbocycles. The lowest BCUT2D eigenvalue weighted by atomic mass is 10.3. The molecular formula is C14H21N3O5S2. The first kappa shape index (κ1) is 18.8. The standard InChI is InChI=1S/C14H21N3O5S2/c1-12(18)16-13-4-6-14(7-5-13)24(21,22)15-8-11-23(19,20)17-9-2-3-10-17/h4-7,15H,2-3,8-11H2,1H3,(H,16,18). The van der Waals surface area contributed by atoms with Gasteiger partial charge in [-0.2, -0.15) is 0 Å². The second-order valence-corrected chi connectivity index (χ2v) is 9.38. The fourth-order valence-corrected chi connectivity index (χ4v) is 5.00. The van der Waals surface area contributed by atoms with E-state index in [4.69, 9.17) is 0 Å². The molecule has 0 aliphatic carbocycles. The summed E-state index contributed by atoms with van der Waals surface area (Å²) < 4.78 is 52.1. The molecule has 0 aromatic heterocycles. The highest BCUT2D eigenvalue weighted by Crippen LogP contribution is 2.15. The molecule has 1 aliphatic rings. The Bertz CT molecular complexity index is 782. The first-order valence-corrected chi connectivity index (χ1v) is 10.6. The minimum Gasteiger partial charge on any atom is -0.326 e. The number of hydrogen-bond acceptors (Lipinski definition) is 5. The van der Waals surface area contributed by atoms with Gasteiger partial charge in [0.2, 0.25) is 26.0 Å². The molecule has 1 aliphatic heterocycles. The number of carbonyl (C=O) groups is 1. The third-order valence-corrected chi connectivity index (χ3v) is 6.94. The maximum atomic E-state index is 12.2. The van der Waals surface area contributed by atoms with E-state index in [1.165, 1.54) is 35.5 Å². The van der Waals surface area contributed by atoms with Gasteiger partial charge in [0.25, 0.3) is 0 Å². The molecule has 8 nitrogen and oxygen atoms in total. The van der Waals surface area contributed by atoms with Gasteiger partial charge in [0.15, 0.2) is 0 Å². The van der Waals surface area contributed by atoms with E-state index in [9.17, 15) is 21.6 Å². The quantitative estimate of drug-likeness (QED) is 0.714. The van der Waals surface area contributed by atoms with Gasteiger partial charge in [-0.15, -0.1) is 0 Å². The van der Waals surface area contributed by atoms with Gasteiger partial charge in [0, 0.05) is 32.2 Å². The van der Waals surface area contributed by atoms with Crippen molar-refractivity contribution < 1.29 is 21.6 Å². The first-order chi connectivity index (χ1) is 11.2. The van der Waals surface area contributed by atoms with Crippen molar-refractivity contribution in [3.63, 3.8) is 0 Å². The van der Waals surface area contributed by atoms with Gasteiger partial charge in [0.1, 0.15) is 0 Å². The smallest absolute Gasteiger partial charge is 0.240 e. The van der Waals surface area contributed by atoms with Crippen LogP contribution in [0.25, 0.3) is 0 Å². The van der Waals surface area contributed by atoms with Gasteiger partial charge in [-0.25, -0.2) is 25.9 Å². The molecule has 0 spiro atoms. The summed E-state index contributed by atoms with van der Waals surface area (Å²) in [5.41, 5.74) is 0.484. The van der Waals surface area contributed by atoms with E-state index in [0.717, 1.165) is 12.8 Å². The van der Waals surface area contributed by atoms with Crippen LogP contribution in [0.3, 0.4) is 0 Å². The van der Waals surface area contributed by atoms with Crippen LogP contribution < -0.4 is 10.0 Å². The number of anilines is 1. The summed E-state index contributed by atoms with van der Waals surface area (Å²) in [6, 6.07) is 5.64. The molecule has 0 bridgehead atoms. The highest BCUT2D eigenvalue weighted by atomic mass is 32.2. The molecule has 1 aromatic rings. The Morgan fingerprint density at radius 1 is 1.08 bits per heavy atom. The molecule has 24 heavy (non-hydrogen) atoms. The number of benzene rings is 1. The molecule has 0 unspecified atom stereocenters. The maximum absolute atomic E-state index is 12.2. The first-order valence-electron chi connectivity index (χ1n) is 7.56. The van der Waals surface area contributed by atoms with E-state index < -0.39 is 20.0 Å². The molecule has 0 atom stereocenters. The van der Waals surface area contributed by atoms with Crippen LogP contribution >= 0.6 is 0 Å². The maximum Gasteiger partial charge on any atom is 0.240 e. The van der Waals surface area contributed by atoms with Gasteiger partial charge in [-0.3, -0.25) is 4.79 Å². The zero-order chi connectivity index (χ0) is 17.8. The fraction of sp³-hybridized carbons (Fsp3) is 0.500. The molecule has 0 radical (unpaired) electrons. The van der Waals surface area contributed by atoms with Crippen molar-refractivity contribution >= 4 is 31.6 Å². The zero-order valence-electron chi connectivity index (χ0n) is 13.4. The fourth-order valence-electron chi connectivity index (χ4n) is 2.40. The minimum absolute atomic E-state index is 0.00942. The normalized spacial score (nSPS) is 16.2. The van der Waals surface area contributed by atoms with Gasteiger partial charge >= 0.3 is 0 Å². The minimum atomic E-state index is -3.80. The highest BCUT2D eigenvalue weighted by molar-refractivity contribution is 7.90. The van der Waals surface area contributed by atoms with Crippen molar-refractivity contribution in [2.45, 2.75) is 24.7 Å². The summed E-state index contributed by atoms with van der Waals surface area (Å²) in [7, 11) is -7.22. The summed E-state index contributed by atoms with van der Waals surface area (Å²) in [6.45, 7) is 2.17. The van der Waals surface area contributed by atoms with Crippen molar-refractivity contribution in [2.75, 3.05) is 30.7 Å². The molecule has 1 saturated heterocycles. The summed E-state index contributed by atoms with van der Waals surface area (Å²) >= 11 is 0. The van der Waals surface area contributed by atoms with Crippen molar-refractivity contribution in [1.29, 1.82) is 0 Å². The molecule has 134 valence electrons. The van der Waals surface area contributed by atoms with Crippen LogP contribution in [0, 0.1) is 0 Å². The lowest BCUT2D eigenvalue weighted by Gasteiger charge is -2.15. The average Bonchev–Trinajstić information content (AvgIpc) is 3.01. The molecule has 1 amide bonds. The van der Waals surface area contributed by atoms with Crippen LogP contribution in [0.1, 0.15) is 19.8 Å². The number of amides is 1. The Morgan fingerprint density at radius 3 is 2.21 bits per heavy atom. The number of rotatable bonds is 7. The second-order valence-electron chi connectivity index (χ2n) is 5.53. The van der Waals surface area contributed by atoms with Crippen LogP contribution in [0.4, 0.5) is 5.69 Å². The van der Waals surface area contributed by atoms with Crippen LogP contribution in [-0.4, -0.2) is 52.4 Å². The molecule has 2 N–H and O–H groups in total. The van der Waals surface area contributed by atoms with Crippen molar-refractivity contribution in [3.05, 3.63) is 24.3 Å². The van der Waals surface area contributed by atoms with E-state index in [-0.39, 0.29) is 23.1 Å². The Labute approximate surface area is 142 Å². The van der Waals surface area contributed by atoms with E-state index in [1.54, 1.807) is 0 Å². The molecule has 1 heterocycles. The molecule has 10 heteroatoms. The number of hydrogen-bond donors (Lipinski definition) is 2. The monoisotopic (exact) mass is 375 g/mol. The van der Waals surface area contributed by atoms with Crippen LogP contribution in [0.15, 0.2) is 29.2 Å². The topological polar surface area (TPSA) is 113 Å². The number of nitrogens with zero attached hydrogens (tertiary/aromatic N) is 1. The second kappa shape index (κ2) is 7.60. The predicted octanol–water partition coefficient (Wildman–Crippen LogP) is 0.349. The Kier molecular flexibility index (Phi) is 5.97. The Hall–Kier alpha value is -1.49. The molecule has 2 rings (SSSR count). The summed E-state index contributed by atoms with van der Waals surface area (Å²) in [5, 5.41) is 2.54. The third-order valence-electron chi connectivity index (χ3n) is 3.60. The van der Waals surface area contributed by atoms with Gasteiger partial charge in [0.05, 0.1) is 10.6 Å². The summed E-state index contributed by atoms with van der Waals surface area (Å²) in [4.78, 5) is 10.9. The van der Waals surface area contributed by atoms with Gasteiger partial charge in [-0.1, -0.05) is 0 Å². The number of carbonyl (C=O) groups excluding carboxylic acids is 1. The van der Waals surface area contributed by atoms with Crippen molar-refractivity contribution in [1.82, 2.24) is 9.03 Å². The lowest BCUT2D eigenvalue weighted by Crippen LogP contribution is -2.36. The van der Waals surface area contributed by atoms with E-state index in [0.29, 0.717) is 18.8 Å². The van der Waals surface area contributed by atoms with Gasteiger partial charge in [-0.05, 0) is 37.1 Å². The number of nitrogens with one attached hydrogen (secondary N) is 2. The van der Waals surface area contributed by atoms with E-state index >= 15 is 0 Å². The Balaban J connectivity index is 1.94. The van der Waals surface area contributed by atoms with Crippen molar-refractivity contribution in [3.8, 4) is 0 Å². The van der Waals surface area contributed by atoms with Gasteiger partial charge < -0.3 is 5.32 Å². The van der Waals surface area contributed by atoms with Crippen LogP contribution in [0.2, 0.25) is 0 Å². The predicted molar refractivity (Wildman–Crippen MR) is 90.5 cm³/mol. The largest absolute Gasteiger partial charge is 0.326 e. The van der Waals surface area contributed by atoms with E-state index in [2.05, 4.69) is 10.0 Å². The van der Waals surface area contributed by atoms with Crippen molar-refractivity contribution in [2.24, 2.45) is 0 Å². The molecule has 1 fully saturated rings. The third kappa shape index (κ3) is 5.00. The highest BCUT2D eigenvalue weighted by Gasteiger charge is 2.25. The average molecular weight is 375 g/mol. The Morgan fingerprint density at radius 2 is 1.67 bits per heavy atom. The summed E-state index contributed by atoms with van der Waals surface area (Å²) in [5.74, 6) is -0.521. The molecular weight excluding hydrogens is 354 g/mol. The summed E-state index contributed by atoms with van der Waals surface area (Å²) in [6.07, 6.45) is 1.68. The van der Waals surface area contributed by atoms with Crippen LogP contribution in [-0.2, 0) is 24.8 Å². The van der Waals surface area contributed by atoms with Crippen LogP contribution in [0.5, 0.6) is 0 Å².